The molecule has 0 aromatic carbocycles. The lowest BCUT2D eigenvalue weighted by molar-refractivity contribution is -0.148. The molecule has 6 heteroatoms. The lowest BCUT2D eigenvalue weighted by atomic mass is 10.3. The Hall–Kier alpha value is -1.85. The molecule has 1 aliphatic rings. The molecule has 6 nitrogen and oxygen atoms in total. The quantitative estimate of drug-likeness (QED) is 0.509. The minimum Gasteiger partial charge on any atom is -0.469 e. The van der Waals surface area contributed by atoms with Crippen molar-refractivity contribution in [3.8, 4) is 0 Å². The predicted molar refractivity (Wildman–Crippen MR) is 51.0 cm³/mol. The first-order chi connectivity index (χ1) is 7.52. The van der Waals surface area contributed by atoms with Crippen LogP contribution in [0.4, 0.5) is 0 Å². The van der Waals surface area contributed by atoms with E-state index in [1.165, 1.54) is 7.11 Å². The summed E-state index contributed by atoms with van der Waals surface area (Å²) < 4.78 is 13.9. The fourth-order valence-corrected chi connectivity index (χ4v) is 1.10. The van der Waals surface area contributed by atoms with Gasteiger partial charge in [-0.2, -0.15) is 0 Å². The van der Waals surface area contributed by atoms with Gasteiger partial charge in [0.25, 0.3) is 0 Å². The second-order valence-corrected chi connectivity index (χ2v) is 3.18. The van der Waals surface area contributed by atoms with Crippen molar-refractivity contribution in [2.75, 3.05) is 7.11 Å². The van der Waals surface area contributed by atoms with E-state index in [2.05, 4.69) is 4.74 Å². The molecular formula is C10H12O6. The molecule has 0 fully saturated rings. The summed E-state index contributed by atoms with van der Waals surface area (Å²) in [5, 5.41) is 0. The van der Waals surface area contributed by atoms with Crippen molar-refractivity contribution in [1.29, 1.82) is 0 Å². The van der Waals surface area contributed by atoms with Crippen molar-refractivity contribution in [2.45, 2.75) is 25.9 Å². The summed E-state index contributed by atoms with van der Waals surface area (Å²) in [4.78, 5) is 32.8. The van der Waals surface area contributed by atoms with Crippen LogP contribution >= 0.6 is 0 Å². The van der Waals surface area contributed by atoms with E-state index in [1.807, 2.05) is 0 Å². The van der Waals surface area contributed by atoms with Crippen LogP contribution in [-0.4, -0.2) is 31.1 Å². The minimum absolute atomic E-state index is 0.0498. The Kier molecular flexibility index (Phi) is 4.04. The number of hydrogen-bond acceptors (Lipinski definition) is 6. The van der Waals surface area contributed by atoms with Crippen LogP contribution in [0.5, 0.6) is 0 Å². The third-order valence-electron chi connectivity index (χ3n) is 1.95. The van der Waals surface area contributed by atoms with E-state index >= 15 is 0 Å². The van der Waals surface area contributed by atoms with Crippen molar-refractivity contribution >= 4 is 17.9 Å². The SMILES string of the molecule is COC(=O)CCC(=O)OC1=CC(=O)OC1C. The minimum atomic E-state index is -0.596. The number of ether oxygens (including phenoxy) is 3. The number of esters is 3. The van der Waals surface area contributed by atoms with Gasteiger partial charge in [0.15, 0.2) is 11.9 Å². The van der Waals surface area contributed by atoms with Crippen molar-refractivity contribution in [2.24, 2.45) is 0 Å². The zero-order chi connectivity index (χ0) is 12.1. The lowest BCUT2D eigenvalue weighted by Crippen LogP contribution is -2.13. The molecule has 0 saturated carbocycles. The van der Waals surface area contributed by atoms with Crippen molar-refractivity contribution < 1.29 is 28.6 Å². The average molecular weight is 228 g/mol. The molecule has 0 aliphatic carbocycles. The van der Waals surface area contributed by atoms with Gasteiger partial charge in [-0.3, -0.25) is 9.59 Å². The first kappa shape index (κ1) is 12.2. The van der Waals surface area contributed by atoms with Gasteiger partial charge >= 0.3 is 17.9 Å². The average Bonchev–Trinajstić information content (AvgIpc) is 2.54. The summed E-state index contributed by atoms with van der Waals surface area (Å²) >= 11 is 0. The Balaban J connectivity index is 2.37. The molecular weight excluding hydrogens is 216 g/mol. The summed E-state index contributed by atoms with van der Waals surface area (Å²) in [5.74, 6) is -1.46. The Bertz CT molecular complexity index is 343. The Morgan fingerprint density at radius 2 is 2.00 bits per heavy atom. The van der Waals surface area contributed by atoms with Crippen LogP contribution in [-0.2, 0) is 28.6 Å². The van der Waals surface area contributed by atoms with Gasteiger partial charge in [-0.05, 0) is 6.92 Å². The molecule has 16 heavy (non-hydrogen) atoms. The summed E-state index contributed by atoms with van der Waals surface area (Å²) in [5.41, 5.74) is 0. The molecule has 0 aromatic rings. The molecule has 1 unspecified atom stereocenters. The van der Waals surface area contributed by atoms with Gasteiger partial charge < -0.3 is 14.2 Å². The van der Waals surface area contributed by atoms with Crippen LogP contribution in [0.1, 0.15) is 19.8 Å². The molecule has 0 aromatic heterocycles. The van der Waals surface area contributed by atoms with Crippen LogP contribution in [0.25, 0.3) is 0 Å². The molecule has 1 heterocycles. The predicted octanol–water partition coefficient (Wildman–Crippen LogP) is 0.312. The molecule has 0 radical (unpaired) electrons. The topological polar surface area (TPSA) is 78.9 Å². The normalized spacial score (nSPS) is 18.8. The molecule has 0 N–H and O–H groups in total. The van der Waals surface area contributed by atoms with Crippen LogP contribution in [0.3, 0.4) is 0 Å². The third kappa shape index (κ3) is 3.38. The van der Waals surface area contributed by atoms with E-state index in [-0.39, 0.29) is 18.6 Å². The Morgan fingerprint density at radius 3 is 2.50 bits per heavy atom. The van der Waals surface area contributed by atoms with E-state index in [9.17, 15) is 14.4 Å². The number of carbonyl (C=O) groups is 3. The molecule has 1 aliphatic heterocycles. The molecule has 0 amide bonds. The van der Waals surface area contributed by atoms with Crippen molar-refractivity contribution in [3.63, 3.8) is 0 Å². The molecule has 1 atom stereocenters. The highest BCUT2D eigenvalue weighted by Crippen LogP contribution is 2.17. The number of methoxy groups -OCH3 is 1. The Morgan fingerprint density at radius 1 is 1.38 bits per heavy atom. The third-order valence-corrected chi connectivity index (χ3v) is 1.95. The van der Waals surface area contributed by atoms with E-state index < -0.39 is 24.0 Å². The van der Waals surface area contributed by atoms with Crippen LogP contribution in [0, 0.1) is 0 Å². The van der Waals surface area contributed by atoms with Gasteiger partial charge in [-0.25, -0.2) is 4.79 Å². The second-order valence-electron chi connectivity index (χ2n) is 3.18. The van der Waals surface area contributed by atoms with Gasteiger partial charge in [0, 0.05) is 0 Å². The fourth-order valence-electron chi connectivity index (χ4n) is 1.10. The molecule has 0 saturated heterocycles. The van der Waals surface area contributed by atoms with Crippen molar-refractivity contribution in [3.05, 3.63) is 11.8 Å². The van der Waals surface area contributed by atoms with Gasteiger partial charge in [-0.1, -0.05) is 0 Å². The van der Waals surface area contributed by atoms with E-state index in [0.29, 0.717) is 0 Å². The second kappa shape index (κ2) is 5.29. The standard InChI is InChI=1S/C10H12O6/c1-6-7(5-10(13)15-6)16-9(12)4-3-8(11)14-2/h5-6H,3-4H2,1-2H3. The zero-order valence-electron chi connectivity index (χ0n) is 9.02. The zero-order valence-corrected chi connectivity index (χ0v) is 9.02. The maximum Gasteiger partial charge on any atom is 0.335 e. The van der Waals surface area contributed by atoms with Gasteiger partial charge in [0.05, 0.1) is 26.0 Å². The summed E-state index contributed by atoms with van der Waals surface area (Å²) in [7, 11) is 1.24. The first-order valence-corrected chi connectivity index (χ1v) is 4.72. The monoisotopic (exact) mass is 228 g/mol. The van der Waals surface area contributed by atoms with Gasteiger partial charge in [0.1, 0.15) is 0 Å². The Labute approximate surface area is 92.2 Å². The maximum absolute atomic E-state index is 11.2. The lowest BCUT2D eigenvalue weighted by Gasteiger charge is -2.08. The van der Waals surface area contributed by atoms with Gasteiger partial charge in [0.2, 0.25) is 0 Å². The largest absolute Gasteiger partial charge is 0.469 e. The van der Waals surface area contributed by atoms with E-state index in [0.717, 1.165) is 6.08 Å². The molecule has 88 valence electrons. The number of rotatable bonds is 4. The van der Waals surface area contributed by atoms with E-state index in [4.69, 9.17) is 9.47 Å². The number of hydrogen-bond donors (Lipinski definition) is 0. The molecule has 0 spiro atoms. The smallest absolute Gasteiger partial charge is 0.335 e. The number of cyclic esters (lactones) is 1. The highest BCUT2D eigenvalue weighted by Gasteiger charge is 2.25. The van der Waals surface area contributed by atoms with Crippen molar-refractivity contribution in [1.82, 2.24) is 0 Å². The van der Waals surface area contributed by atoms with Crippen LogP contribution < -0.4 is 0 Å². The highest BCUT2D eigenvalue weighted by molar-refractivity contribution is 5.86. The summed E-state index contributed by atoms with van der Waals surface area (Å²) in [6.07, 6.45) is 0.409. The van der Waals surface area contributed by atoms with Crippen LogP contribution in [0.2, 0.25) is 0 Å². The molecule has 0 bridgehead atoms. The van der Waals surface area contributed by atoms with Gasteiger partial charge in [-0.15, -0.1) is 0 Å². The summed E-state index contributed by atoms with van der Waals surface area (Å²) in [6, 6.07) is 0. The van der Waals surface area contributed by atoms with E-state index in [1.54, 1.807) is 6.92 Å². The first-order valence-electron chi connectivity index (χ1n) is 4.72. The fraction of sp³-hybridized carbons (Fsp3) is 0.500. The molecule has 1 rings (SSSR count). The summed E-state index contributed by atoms with van der Waals surface area (Å²) in [6.45, 7) is 1.59. The highest BCUT2D eigenvalue weighted by atomic mass is 16.6. The number of carbonyl (C=O) groups excluding carboxylic acids is 3. The maximum atomic E-state index is 11.2. The van der Waals surface area contributed by atoms with Crippen LogP contribution in [0.15, 0.2) is 11.8 Å².